The van der Waals surface area contributed by atoms with Crippen LogP contribution in [0.25, 0.3) is 21.7 Å². The summed E-state index contributed by atoms with van der Waals surface area (Å²) in [5.41, 5.74) is 2.67. The normalized spacial score (nSPS) is 14.1. The number of fused-ring (bicyclic) bond motifs is 3. The molecular weight excluding hydrogens is 1110 g/mol. The van der Waals surface area contributed by atoms with E-state index in [1.807, 2.05) is 60.7 Å². The third kappa shape index (κ3) is 22.1. The van der Waals surface area contributed by atoms with Crippen LogP contribution in [0.5, 0.6) is 40.4 Å². The Bertz CT molecular complexity index is 3260. The fourth-order valence-corrected chi connectivity index (χ4v) is 10.5. The molecule has 5 aromatic carbocycles. The maximum Gasteiger partial charge on any atom is 0.338 e. The average molecular weight is 1200 g/mol. The maximum absolute atomic E-state index is 13.3. The minimum Gasteiger partial charge on any atom is -0.494 e. The van der Waals surface area contributed by atoms with E-state index >= 15 is 0 Å². The predicted octanol–water partition coefficient (Wildman–Crippen LogP) is 16.4. The number of rotatable bonds is 41. The first kappa shape index (κ1) is 66.1. The lowest BCUT2D eigenvalue weighted by Crippen LogP contribution is -2.30. The van der Waals surface area contributed by atoms with Crippen molar-refractivity contribution in [1.29, 1.82) is 0 Å². The van der Waals surface area contributed by atoms with Gasteiger partial charge in [0.25, 0.3) is 11.8 Å². The summed E-state index contributed by atoms with van der Waals surface area (Å²) in [4.78, 5) is 68.3. The van der Waals surface area contributed by atoms with Gasteiger partial charge in [0, 0.05) is 60.6 Å². The van der Waals surface area contributed by atoms with Gasteiger partial charge in [-0.15, -0.1) is 0 Å². The average Bonchev–Trinajstić information content (AvgIpc) is 1.81. The molecule has 2 aliphatic rings. The molecule has 88 heavy (non-hydrogen) atoms. The lowest BCUT2D eigenvalue weighted by Gasteiger charge is -2.14. The molecule has 1 aromatic heterocycles. The molecule has 3 heterocycles. The zero-order valence-corrected chi connectivity index (χ0v) is 51.8. The van der Waals surface area contributed by atoms with Crippen molar-refractivity contribution in [3.8, 4) is 40.4 Å². The molecule has 0 saturated carbocycles. The summed E-state index contributed by atoms with van der Waals surface area (Å²) in [7, 11) is 0. The van der Waals surface area contributed by atoms with Crippen LogP contribution in [0.4, 0.5) is 0 Å². The van der Waals surface area contributed by atoms with Crippen LogP contribution in [0.1, 0.15) is 173 Å². The lowest BCUT2D eigenvalue weighted by atomic mass is 10.1. The minimum absolute atomic E-state index is 0.0115. The largest absolute Gasteiger partial charge is 0.494 e. The molecule has 15 heteroatoms. The van der Waals surface area contributed by atoms with Gasteiger partial charge in [-0.2, -0.15) is 0 Å². The van der Waals surface area contributed by atoms with Crippen LogP contribution in [0, 0.1) is 0 Å². The second-order valence-electron chi connectivity index (χ2n) is 23.6. The topological polar surface area (TPSA) is 179 Å². The quantitative estimate of drug-likeness (QED) is 0.00673. The smallest absolute Gasteiger partial charge is 0.338 e. The summed E-state index contributed by atoms with van der Waals surface area (Å²) in [6, 6.07) is 32.8. The number of hydrogen-bond acceptors (Lipinski definition) is 14. The van der Waals surface area contributed by atoms with E-state index in [1.165, 1.54) is 94.1 Å². The highest BCUT2D eigenvalue weighted by Gasteiger charge is 2.49. The number of aryl methyl sites for hydroxylation is 2. The van der Waals surface area contributed by atoms with E-state index in [-0.39, 0.29) is 48.0 Å². The molecular formula is C73H88N2O13. The number of esters is 3. The molecule has 8 rings (SSSR count). The SMILES string of the molecule is C=C(C)C(=O)Oc1ccc(Oc2nc3cc(OC(=O)CCc4ccc(OCCCCCCCCCCCCN5C(=O)C=CC5=O)cc4)ccc3c3ccc(OC(=O)CCc4ccc(OCCCCCCCCCCCCOC5OC5(C)C)cc4)cc23)cc1. The molecule has 2 aliphatic heterocycles. The summed E-state index contributed by atoms with van der Waals surface area (Å²) in [6.45, 7) is 12.0. The van der Waals surface area contributed by atoms with E-state index in [4.69, 9.17) is 42.9 Å². The van der Waals surface area contributed by atoms with Crippen LogP contribution >= 0.6 is 0 Å². The third-order valence-electron chi connectivity index (χ3n) is 15.8. The van der Waals surface area contributed by atoms with Gasteiger partial charge in [-0.25, -0.2) is 9.78 Å². The van der Waals surface area contributed by atoms with Gasteiger partial charge in [0.15, 0.2) is 6.29 Å². The number of ether oxygens (including phenoxy) is 8. The first-order valence-corrected chi connectivity index (χ1v) is 32.0. The van der Waals surface area contributed by atoms with E-state index < -0.39 is 17.9 Å². The lowest BCUT2D eigenvalue weighted by molar-refractivity contribution is -0.137. The van der Waals surface area contributed by atoms with Gasteiger partial charge in [0.1, 0.15) is 40.1 Å². The number of unbranched alkanes of at least 4 members (excludes halogenated alkanes) is 18. The zero-order valence-electron chi connectivity index (χ0n) is 51.8. The summed E-state index contributed by atoms with van der Waals surface area (Å²) in [6.07, 6.45) is 27.2. The molecule has 0 spiro atoms. The van der Waals surface area contributed by atoms with Gasteiger partial charge in [-0.05, 0) is 155 Å². The minimum atomic E-state index is -0.543. The molecule has 6 aromatic rings. The van der Waals surface area contributed by atoms with Gasteiger partial charge in [-0.3, -0.25) is 24.1 Å². The van der Waals surface area contributed by atoms with Crippen molar-refractivity contribution >= 4 is 51.4 Å². The van der Waals surface area contributed by atoms with Crippen molar-refractivity contribution in [3.63, 3.8) is 0 Å². The van der Waals surface area contributed by atoms with Gasteiger partial charge < -0.3 is 37.9 Å². The molecule has 468 valence electrons. The van der Waals surface area contributed by atoms with Crippen molar-refractivity contribution in [1.82, 2.24) is 9.88 Å². The van der Waals surface area contributed by atoms with Crippen molar-refractivity contribution in [2.75, 3.05) is 26.4 Å². The van der Waals surface area contributed by atoms with Crippen molar-refractivity contribution < 1.29 is 61.9 Å². The molecule has 1 fully saturated rings. The number of carbonyl (C=O) groups is 5. The highest BCUT2D eigenvalue weighted by atomic mass is 16.8. The van der Waals surface area contributed by atoms with E-state index in [2.05, 4.69) is 20.4 Å². The predicted molar refractivity (Wildman–Crippen MR) is 341 cm³/mol. The fraction of sp³-hybridized carbons (Fsp3) is 0.452. The van der Waals surface area contributed by atoms with Crippen LogP contribution in [0.3, 0.4) is 0 Å². The number of nitrogens with zero attached hydrogens (tertiary/aromatic N) is 2. The number of hydrogen-bond donors (Lipinski definition) is 0. The Morgan fingerprint density at radius 3 is 1.41 bits per heavy atom. The molecule has 0 aliphatic carbocycles. The van der Waals surface area contributed by atoms with Crippen LogP contribution < -0.4 is 28.4 Å². The maximum atomic E-state index is 13.3. The van der Waals surface area contributed by atoms with Crippen LogP contribution in [-0.2, 0) is 46.3 Å². The number of imide groups is 1. The molecule has 0 N–H and O–H groups in total. The van der Waals surface area contributed by atoms with Crippen LogP contribution in [-0.4, -0.2) is 77.9 Å². The number of pyridine rings is 1. The zero-order chi connectivity index (χ0) is 61.9. The second-order valence-corrected chi connectivity index (χ2v) is 23.6. The molecule has 2 amide bonds. The Morgan fingerprint density at radius 1 is 0.500 bits per heavy atom. The van der Waals surface area contributed by atoms with Gasteiger partial charge >= 0.3 is 17.9 Å². The molecule has 0 bridgehead atoms. The van der Waals surface area contributed by atoms with E-state index in [0.717, 1.165) is 91.4 Å². The second kappa shape index (κ2) is 34.6. The number of benzene rings is 5. The van der Waals surface area contributed by atoms with Crippen molar-refractivity contribution in [2.45, 2.75) is 187 Å². The van der Waals surface area contributed by atoms with Crippen LogP contribution in [0.2, 0.25) is 0 Å². The van der Waals surface area contributed by atoms with Crippen molar-refractivity contribution in [2.24, 2.45) is 0 Å². The Balaban J connectivity index is 0.749. The van der Waals surface area contributed by atoms with E-state index in [9.17, 15) is 24.0 Å². The Morgan fingerprint density at radius 2 is 0.920 bits per heavy atom. The summed E-state index contributed by atoms with van der Waals surface area (Å²) in [5.74, 6) is 1.48. The number of aromatic nitrogens is 1. The van der Waals surface area contributed by atoms with Gasteiger partial charge in [0.2, 0.25) is 5.88 Å². The highest BCUT2D eigenvalue weighted by Crippen LogP contribution is 2.38. The van der Waals surface area contributed by atoms with Gasteiger partial charge in [0.05, 0.1) is 18.7 Å². The standard InChI is InChI=1S/C73H88N2O13/c1-53(2)71(80)87-59-37-35-58(36-38-59)86-70-64-51-60(84-68(78)45-29-54-25-31-56(32-26-54)81-49-23-19-15-11-7-8-12-16-20-24-50-83-72-73(3,4)88-72)39-41-62(64)63-42-40-61(52-65(63)74-70)85-69(79)46-30-55-27-33-57(34-28-55)82-48-22-18-14-10-6-5-9-13-17-21-47-75-66(76)43-44-67(75)77/h25-28,31-44,51-52,72H,1,5-24,29-30,45-50H2,2-4H3. The third-order valence-corrected chi connectivity index (χ3v) is 15.8. The summed E-state index contributed by atoms with van der Waals surface area (Å²) >= 11 is 0. The summed E-state index contributed by atoms with van der Waals surface area (Å²) in [5, 5.41) is 2.11. The number of epoxide rings is 1. The van der Waals surface area contributed by atoms with E-state index in [0.29, 0.717) is 66.5 Å². The first-order valence-electron chi connectivity index (χ1n) is 32.0. The van der Waals surface area contributed by atoms with Crippen LogP contribution in [0.15, 0.2) is 133 Å². The Hall–Kier alpha value is -7.88. The molecule has 1 unspecified atom stereocenters. The molecule has 1 atom stereocenters. The van der Waals surface area contributed by atoms with E-state index in [1.54, 1.807) is 55.5 Å². The first-order chi connectivity index (χ1) is 42.8. The van der Waals surface area contributed by atoms with Gasteiger partial charge in [-0.1, -0.05) is 134 Å². The Labute approximate surface area is 519 Å². The molecule has 1 saturated heterocycles. The Kier molecular flexibility index (Phi) is 26.0. The molecule has 15 nitrogen and oxygen atoms in total. The summed E-state index contributed by atoms with van der Waals surface area (Å²) < 4.78 is 46.8. The van der Waals surface area contributed by atoms with Crippen molar-refractivity contribution in [3.05, 3.63) is 145 Å². The number of amides is 2. The monoisotopic (exact) mass is 1200 g/mol. The number of carbonyl (C=O) groups excluding carboxylic acids is 5. The highest BCUT2D eigenvalue weighted by molar-refractivity contribution is 6.13. The molecule has 0 radical (unpaired) electrons. The fourth-order valence-electron chi connectivity index (χ4n) is 10.5.